The Kier molecular flexibility index (Phi) is 4.24. The Balaban J connectivity index is 2.24. The number of aromatic nitrogens is 2. The number of nitrogens with zero attached hydrogens (tertiary/aromatic N) is 2. The van der Waals surface area contributed by atoms with Crippen LogP contribution < -0.4 is 10.1 Å². The van der Waals surface area contributed by atoms with Crippen LogP contribution >= 0.6 is 0 Å². The molecule has 1 aromatic rings. The molecule has 1 fully saturated rings. The normalized spacial score (nSPS) is 23.6. The molecule has 1 aliphatic rings. The molecule has 18 heavy (non-hydrogen) atoms. The van der Waals surface area contributed by atoms with E-state index < -0.39 is 0 Å². The number of hydrogen-bond donors (Lipinski definition) is 1. The summed E-state index contributed by atoms with van der Waals surface area (Å²) < 4.78 is 13.2. The third-order valence-corrected chi connectivity index (χ3v) is 3.56. The third-order valence-electron chi connectivity index (χ3n) is 3.56. The van der Waals surface area contributed by atoms with Crippen molar-refractivity contribution in [1.29, 1.82) is 0 Å². The number of methoxy groups -OCH3 is 1. The summed E-state index contributed by atoms with van der Waals surface area (Å²) in [7, 11) is 3.60. The first kappa shape index (κ1) is 13.4. The van der Waals surface area contributed by atoms with Crippen molar-refractivity contribution < 1.29 is 9.47 Å². The molecule has 102 valence electrons. The first-order chi connectivity index (χ1) is 8.69. The van der Waals surface area contributed by atoms with E-state index >= 15 is 0 Å². The number of rotatable bonds is 5. The first-order valence-electron chi connectivity index (χ1n) is 6.58. The van der Waals surface area contributed by atoms with Gasteiger partial charge in [0, 0.05) is 26.1 Å². The van der Waals surface area contributed by atoms with E-state index in [1.165, 1.54) is 0 Å². The largest absolute Gasteiger partial charge is 0.481 e. The molecule has 1 aromatic heterocycles. The van der Waals surface area contributed by atoms with Crippen LogP contribution in [0.1, 0.15) is 30.7 Å². The van der Waals surface area contributed by atoms with E-state index in [4.69, 9.17) is 9.47 Å². The fraction of sp³-hybridized carbons (Fsp3) is 0.769. The molecule has 0 aromatic carbocycles. The summed E-state index contributed by atoms with van der Waals surface area (Å²) in [6, 6.07) is 0. The quantitative estimate of drug-likeness (QED) is 0.862. The summed E-state index contributed by atoms with van der Waals surface area (Å²) in [6.07, 6.45) is 1.20. The van der Waals surface area contributed by atoms with Crippen LogP contribution in [0, 0.1) is 12.8 Å². The Hall–Kier alpha value is -1.07. The maximum Gasteiger partial charge on any atom is 0.217 e. The van der Waals surface area contributed by atoms with Gasteiger partial charge in [0.05, 0.1) is 24.5 Å². The highest BCUT2D eigenvalue weighted by Crippen LogP contribution is 2.40. The van der Waals surface area contributed by atoms with Crippen LogP contribution in [0.3, 0.4) is 0 Å². The van der Waals surface area contributed by atoms with Crippen molar-refractivity contribution in [2.45, 2.75) is 26.4 Å². The lowest BCUT2D eigenvalue weighted by molar-refractivity contribution is 0.0876. The van der Waals surface area contributed by atoms with Crippen LogP contribution in [0.2, 0.25) is 0 Å². The molecule has 0 amide bonds. The summed E-state index contributed by atoms with van der Waals surface area (Å²) in [4.78, 5) is 0. The lowest BCUT2D eigenvalue weighted by Crippen LogP contribution is -2.25. The van der Waals surface area contributed by atoms with Gasteiger partial charge in [-0.2, -0.15) is 5.10 Å². The van der Waals surface area contributed by atoms with Crippen LogP contribution in [0.15, 0.2) is 0 Å². The molecule has 5 nitrogen and oxygen atoms in total. The van der Waals surface area contributed by atoms with E-state index in [1.807, 2.05) is 14.0 Å². The minimum atomic E-state index is 0.104. The van der Waals surface area contributed by atoms with Crippen molar-refractivity contribution in [3.05, 3.63) is 11.3 Å². The molecule has 2 rings (SSSR count). The highest BCUT2D eigenvalue weighted by Gasteiger charge is 2.34. The minimum absolute atomic E-state index is 0.104. The average molecular weight is 253 g/mol. The maximum atomic E-state index is 5.91. The van der Waals surface area contributed by atoms with Gasteiger partial charge in [-0.3, -0.25) is 0 Å². The number of hydrogen-bond acceptors (Lipinski definition) is 4. The van der Waals surface area contributed by atoms with E-state index in [0.717, 1.165) is 43.3 Å². The Bertz CT molecular complexity index is 403. The highest BCUT2D eigenvalue weighted by molar-refractivity contribution is 5.34. The smallest absolute Gasteiger partial charge is 0.217 e. The second-order valence-corrected chi connectivity index (χ2v) is 4.78. The van der Waals surface area contributed by atoms with Crippen molar-refractivity contribution >= 4 is 0 Å². The molecular weight excluding hydrogens is 230 g/mol. The SMILES string of the molecule is CCNCC1CCOC1c1c(C)nn(C)c1OC. The lowest BCUT2D eigenvalue weighted by Gasteiger charge is -2.19. The Morgan fingerprint density at radius 2 is 2.33 bits per heavy atom. The molecule has 0 aliphatic carbocycles. The molecule has 1 N–H and O–H groups in total. The molecule has 2 unspecified atom stereocenters. The Morgan fingerprint density at radius 1 is 1.56 bits per heavy atom. The van der Waals surface area contributed by atoms with E-state index in [0.29, 0.717) is 5.92 Å². The fourth-order valence-corrected chi connectivity index (χ4v) is 2.71. The molecule has 0 bridgehead atoms. The summed E-state index contributed by atoms with van der Waals surface area (Å²) in [5, 5.41) is 7.84. The van der Waals surface area contributed by atoms with Crippen molar-refractivity contribution in [1.82, 2.24) is 15.1 Å². The van der Waals surface area contributed by atoms with Crippen LogP contribution in [0.25, 0.3) is 0 Å². The molecule has 0 spiro atoms. The highest BCUT2D eigenvalue weighted by atomic mass is 16.5. The van der Waals surface area contributed by atoms with Gasteiger partial charge in [-0.15, -0.1) is 0 Å². The lowest BCUT2D eigenvalue weighted by atomic mass is 9.95. The summed E-state index contributed by atoms with van der Waals surface area (Å²) in [5.74, 6) is 1.32. The second kappa shape index (κ2) is 5.71. The second-order valence-electron chi connectivity index (χ2n) is 4.78. The third kappa shape index (κ3) is 2.37. The molecule has 1 saturated heterocycles. The van der Waals surface area contributed by atoms with Crippen LogP contribution in [0.4, 0.5) is 0 Å². The molecular formula is C13H23N3O2. The Morgan fingerprint density at radius 3 is 3.00 bits per heavy atom. The van der Waals surface area contributed by atoms with Gasteiger partial charge in [0.1, 0.15) is 0 Å². The van der Waals surface area contributed by atoms with Gasteiger partial charge < -0.3 is 14.8 Å². The topological polar surface area (TPSA) is 48.3 Å². The summed E-state index contributed by atoms with van der Waals surface area (Å²) in [6.45, 7) is 6.94. The van der Waals surface area contributed by atoms with E-state index in [-0.39, 0.29) is 6.10 Å². The van der Waals surface area contributed by atoms with E-state index in [1.54, 1.807) is 11.8 Å². The predicted molar refractivity (Wildman–Crippen MR) is 69.8 cm³/mol. The number of ether oxygens (including phenoxy) is 2. The summed E-state index contributed by atoms with van der Waals surface area (Å²) >= 11 is 0. The zero-order valence-corrected chi connectivity index (χ0v) is 11.7. The molecule has 0 radical (unpaired) electrons. The van der Waals surface area contributed by atoms with Crippen molar-refractivity contribution in [3.63, 3.8) is 0 Å². The first-order valence-corrected chi connectivity index (χ1v) is 6.58. The Labute approximate surface area is 108 Å². The zero-order valence-electron chi connectivity index (χ0n) is 11.7. The zero-order chi connectivity index (χ0) is 13.1. The van der Waals surface area contributed by atoms with Gasteiger partial charge in [0.15, 0.2) is 0 Å². The predicted octanol–water partition coefficient (Wildman–Crippen LogP) is 1.42. The van der Waals surface area contributed by atoms with Crippen molar-refractivity contribution in [3.8, 4) is 5.88 Å². The average Bonchev–Trinajstić information content (AvgIpc) is 2.90. The monoisotopic (exact) mass is 253 g/mol. The van der Waals surface area contributed by atoms with E-state index in [2.05, 4.69) is 17.3 Å². The van der Waals surface area contributed by atoms with Crippen LogP contribution in [-0.2, 0) is 11.8 Å². The minimum Gasteiger partial charge on any atom is -0.481 e. The van der Waals surface area contributed by atoms with Gasteiger partial charge in [0.2, 0.25) is 5.88 Å². The molecule has 1 aliphatic heterocycles. The van der Waals surface area contributed by atoms with Crippen LogP contribution in [0.5, 0.6) is 5.88 Å². The van der Waals surface area contributed by atoms with Gasteiger partial charge in [-0.25, -0.2) is 4.68 Å². The molecule has 0 saturated carbocycles. The number of aryl methyl sites for hydroxylation is 2. The van der Waals surface area contributed by atoms with Crippen molar-refractivity contribution in [2.24, 2.45) is 13.0 Å². The standard InChI is InChI=1S/C13H23N3O2/c1-5-14-8-10-6-7-18-12(10)11-9(2)15-16(3)13(11)17-4/h10,12,14H,5-8H2,1-4H3. The fourth-order valence-electron chi connectivity index (χ4n) is 2.71. The summed E-state index contributed by atoms with van der Waals surface area (Å²) in [5.41, 5.74) is 2.11. The molecule has 5 heteroatoms. The van der Waals surface area contributed by atoms with Gasteiger partial charge in [0.25, 0.3) is 0 Å². The molecule has 2 heterocycles. The van der Waals surface area contributed by atoms with Gasteiger partial charge >= 0.3 is 0 Å². The maximum absolute atomic E-state index is 5.91. The molecule has 2 atom stereocenters. The van der Waals surface area contributed by atoms with Crippen molar-refractivity contribution in [2.75, 3.05) is 26.8 Å². The number of nitrogens with one attached hydrogen (secondary N) is 1. The van der Waals surface area contributed by atoms with Crippen LogP contribution in [-0.4, -0.2) is 36.6 Å². The van der Waals surface area contributed by atoms with Gasteiger partial charge in [-0.1, -0.05) is 6.92 Å². The van der Waals surface area contributed by atoms with E-state index in [9.17, 15) is 0 Å². The van der Waals surface area contributed by atoms with Gasteiger partial charge in [-0.05, 0) is 19.9 Å².